The summed E-state index contributed by atoms with van der Waals surface area (Å²) in [4.78, 5) is 2.56. The lowest BCUT2D eigenvalue weighted by atomic mass is 9.93. The summed E-state index contributed by atoms with van der Waals surface area (Å²) in [7, 11) is 0. The molecule has 3 heteroatoms. The normalized spacial score (nSPS) is 16.2. The molecule has 0 aromatic heterocycles. The fourth-order valence-corrected chi connectivity index (χ4v) is 3.25. The Kier molecular flexibility index (Phi) is 6.25. The van der Waals surface area contributed by atoms with Crippen LogP contribution in [0.15, 0.2) is 48.5 Å². The maximum absolute atomic E-state index is 12.8. The molecule has 0 atom stereocenters. The van der Waals surface area contributed by atoms with Crippen LogP contribution in [0, 0.1) is 17.8 Å². The van der Waals surface area contributed by atoms with E-state index in [9.17, 15) is 4.39 Å². The lowest BCUT2D eigenvalue weighted by Gasteiger charge is -2.32. The van der Waals surface area contributed by atoms with Gasteiger partial charge in [-0.15, -0.1) is 0 Å². The Labute approximate surface area is 144 Å². The first-order chi connectivity index (χ1) is 11.8. The van der Waals surface area contributed by atoms with Crippen molar-refractivity contribution in [3.8, 4) is 5.75 Å². The zero-order valence-corrected chi connectivity index (χ0v) is 14.1. The van der Waals surface area contributed by atoms with E-state index in [1.165, 1.54) is 43.6 Å². The van der Waals surface area contributed by atoms with Crippen molar-refractivity contribution in [2.24, 2.45) is 5.92 Å². The van der Waals surface area contributed by atoms with Crippen molar-refractivity contribution < 1.29 is 9.13 Å². The van der Waals surface area contributed by atoms with Gasteiger partial charge >= 0.3 is 0 Å². The van der Waals surface area contributed by atoms with Gasteiger partial charge in [-0.3, -0.25) is 0 Å². The number of hydrogen-bond acceptors (Lipinski definition) is 2. The van der Waals surface area contributed by atoms with Gasteiger partial charge < -0.3 is 9.64 Å². The average Bonchev–Trinajstić information content (AvgIpc) is 2.64. The van der Waals surface area contributed by atoms with Crippen molar-refractivity contribution in [3.05, 3.63) is 66.0 Å². The maximum atomic E-state index is 12.8. The van der Waals surface area contributed by atoms with Crippen molar-refractivity contribution in [2.75, 3.05) is 26.2 Å². The van der Waals surface area contributed by atoms with Gasteiger partial charge in [0.25, 0.3) is 0 Å². The Morgan fingerprint density at radius 1 is 1.12 bits per heavy atom. The number of benzene rings is 2. The number of rotatable bonds is 7. The number of halogens is 1. The Morgan fingerprint density at radius 2 is 1.92 bits per heavy atom. The first-order valence-electron chi connectivity index (χ1n) is 8.85. The predicted octanol–water partition coefficient (Wildman–Crippen LogP) is 4.35. The average molecular weight is 326 g/mol. The van der Waals surface area contributed by atoms with Crippen LogP contribution >= 0.6 is 0 Å². The van der Waals surface area contributed by atoms with E-state index >= 15 is 0 Å². The van der Waals surface area contributed by atoms with Gasteiger partial charge in [-0.25, -0.2) is 4.39 Å². The summed E-state index contributed by atoms with van der Waals surface area (Å²) in [5.74, 6) is 1.28. The smallest absolute Gasteiger partial charge is 0.123 e. The molecule has 0 bridgehead atoms. The molecule has 1 radical (unpaired) electrons. The Balaban J connectivity index is 1.31. The van der Waals surface area contributed by atoms with Crippen LogP contribution in [-0.4, -0.2) is 31.1 Å². The van der Waals surface area contributed by atoms with E-state index in [1.807, 2.05) is 6.07 Å². The zero-order valence-electron chi connectivity index (χ0n) is 14.1. The summed E-state index contributed by atoms with van der Waals surface area (Å²) in [6, 6.07) is 17.7. The molecule has 0 spiro atoms. The van der Waals surface area contributed by atoms with E-state index in [0.717, 1.165) is 37.7 Å². The first-order valence-corrected chi connectivity index (χ1v) is 8.85. The zero-order chi connectivity index (χ0) is 16.6. The van der Waals surface area contributed by atoms with Crippen LogP contribution in [0.1, 0.15) is 24.8 Å². The van der Waals surface area contributed by atoms with E-state index in [0.29, 0.717) is 0 Å². The standard InChI is InChI=1S/C21H25FNO/c22-20-6-8-21(9-7-20)24-17-13-19-11-15-23(16-12-19)14-10-18-4-2-1-3-5-18/h1-2,4-9,19H,10-17H2. The van der Waals surface area contributed by atoms with E-state index in [1.54, 1.807) is 12.1 Å². The Morgan fingerprint density at radius 3 is 2.62 bits per heavy atom. The SMILES string of the molecule is Fc1ccc(OCCC2CCN(CCc3c[c]ccc3)CC2)cc1. The third-order valence-corrected chi connectivity index (χ3v) is 4.80. The molecule has 1 saturated heterocycles. The highest BCUT2D eigenvalue weighted by Gasteiger charge is 2.18. The van der Waals surface area contributed by atoms with E-state index in [-0.39, 0.29) is 5.82 Å². The molecule has 0 amide bonds. The van der Waals surface area contributed by atoms with Crippen molar-refractivity contribution in [1.29, 1.82) is 0 Å². The van der Waals surface area contributed by atoms with Crippen LogP contribution in [-0.2, 0) is 6.42 Å². The van der Waals surface area contributed by atoms with Crippen molar-refractivity contribution >= 4 is 0 Å². The van der Waals surface area contributed by atoms with Gasteiger partial charge in [-0.1, -0.05) is 24.3 Å². The van der Waals surface area contributed by atoms with Crippen molar-refractivity contribution in [2.45, 2.75) is 25.7 Å². The molecule has 1 aliphatic heterocycles. The Bertz CT molecular complexity index is 591. The van der Waals surface area contributed by atoms with E-state index < -0.39 is 0 Å². The number of hydrogen-bond donors (Lipinski definition) is 0. The summed E-state index contributed by atoms with van der Waals surface area (Å²) >= 11 is 0. The minimum absolute atomic E-state index is 0.219. The van der Waals surface area contributed by atoms with Gasteiger partial charge in [0.1, 0.15) is 11.6 Å². The van der Waals surface area contributed by atoms with Crippen molar-refractivity contribution in [1.82, 2.24) is 4.90 Å². The second-order valence-electron chi connectivity index (χ2n) is 6.54. The van der Waals surface area contributed by atoms with Gasteiger partial charge in [0.05, 0.1) is 6.61 Å². The highest BCUT2D eigenvalue weighted by atomic mass is 19.1. The van der Waals surface area contributed by atoms with Crippen molar-refractivity contribution in [3.63, 3.8) is 0 Å². The van der Waals surface area contributed by atoms with Crippen LogP contribution in [0.25, 0.3) is 0 Å². The molecule has 1 fully saturated rings. The molecule has 0 aliphatic carbocycles. The minimum Gasteiger partial charge on any atom is -0.494 e. The van der Waals surface area contributed by atoms with Crippen LogP contribution < -0.4 is 4.74 Å². The largest absolute Gasteiger partial charge is 0.494 e. The first kappa shape index (κ1) is 17.0. The monoisotopic (exact) mass is 326 g/mol. The summed E-state index contributed by atoms with van der Waals surface area (Å²) in [5, 5.41) is 0. The molecule has 0 unspecified atom stereocenters. The molecule has 127 valence electrons. The second-order valence-corrected chi connectivity index (χ2v) is 6.54. The molecule has 1 heterocycles. The van der Waals surface area contributed by atoms with Crippen LogP contribution in [0.3, 0.4) is 0 Å². The summed E-state index contributed by atoms with van der Waals surface area (Å²) in [6.07, 6.45) is 4.68. The Hall–Kier alpha value is -1.87. The van der Waals surface area contributed by atoms with Gasteiger partial charge in [-0.05, 0) is 80.6 Å². The molecular formula is C21H25FNO. The molecule has 3 rings (SSSR count). The molecule has 0 saturated carbocycles. The highest BCUT2D eigenvalue weighted by Crippen LogP contribution is 2.21. The summed E-state index contributed by atoms with van der Waals surface area (Å²) in [5.41, 5.74) is 1.37. The van der Waals surface area contributed by atoms with Gasteiger partial charge in [0.2, 0.25) is 0 Å². The summed E-state index contributed by atoms with van der Waals surface area (Å²) < 4.78 is 18.6. The number of ether oxygens (including phenoxy) is 1. The fraction of sp³-hybridized carbons (Fsp3) is 0.429. The minimum atomic E-state index is -0.219. The van der Waals surface area contributed by atoms with Crippen LogP contribution in [0.2, 0.25) is 0 Å². The fourth-order valence-electron chi connectivity index (χ4n) is 3.25. The van der Waals surface area contributed by atoms with Crippen LogP contribution in [0.4, 0.5) is 4.39 Å². The number of piperidine rings is 1. The maximum Gasteiger partial charge on any atom is 0.123 e. The second kappa shape index (κ2) is 8.84. The lowest BCUT2D eigenvalue weighted by Crippen LogP contribution is -2.35. The number of nitrogens with zero attached hydrogens (tertiary/aromatic N) is 1. The third-order valence-electron chi connectivity index (χ3n) is 4.80. The van der Waals surface area contributed by atoms with Crippen LogP contribution in [0.5, 0.6) is 5.75 Å². The molecule has 24 heavy (non-hydrogen) atoms. The van der Waals surface area contributed by atoms with Gasteiger partial charge in [0.15, 0.2) is 0 Å². The van der Waals surface area contributed by atoms with Gasteiger partial charge in [0, 0.05) is 6.54 Å². The highest BCUT2D eigenvalue weighted by molar-refractivity contribution is 5.22. The van der Waals surface area contributed by atoms with E-state index in [2.05, 4.69) is 29.2 Å². The molecule has 2 nitrogen and oxygen atoms in total. The topological polar surface area (TPSA) is 12.5 Å². The quantitative estimate of drug-likeness (QED) is 0.750. The lowest BCUT2D eigenvalue weighted by molar-refractivity contribution is 0.164. The molecule has 2 aromatic carbocycles. The molecular weight excluding hydrogens is 301 g/mol. The van der Waals surface area contributed by atoms with Gasteiger partial charge in [-0.2, -0.15) is 0 Å². The summed E-state index contributed by atoms with van der Waals surface area (Å²) in [6.45, 7) is 4.21. The predicted molar refractivity (Wildman–Crippen MR) is 94.7 cm³/mol. The molecule has 0 N–H and O–H groups in total. The van der Waals surface area contributed by atoms with E-state index in [4.69, 9.17) is 4.74 Å². The number of likely N-dealkylation sites (tertiary alicyclic amines) is 1. The third kappa shape index (κ3) is 5.34. The molecule has 2 aromatic rings. The molecule has 1 aliphatic rings.